The van der Waals surface area contributed by atoms with E-state index in [1.807, 2.05) is 0 Å². The molecule has 0 heterocycles. The van der Waals surface area contributed by atoms with E-state index in [1.165, 1.54) is 83.5 Å². The molecule has 0 bridgehead atoms. The number of amides is 2. The van der Waals surface area contributed by atoms with E-state index in [0.29, 0.717) is 19.0 Å². The molecule has 0 aromatic rings. The fourth-order valence-electron chi connectivity index (χ4n) is 7.53. The maximum Gasteiger partial charge on any atom is 0.318 e. The van der Waals surface area contributed by atoms with Gasteiger partial charge in [-0.25, -0.2) is 0 Å². The molecule has 0 spiro atoms. The SMILES string of the molecule is CCCCCCCCCCCCCCCCC(C)[Si](C)(O[Si](C)(C)C)O[Si](C)(CCCN(CCNC(=O)CCC(=O)O)C(=O)CCC(=O)O)O[Si](C)(C)O[Si](C)(C)C. The van der Waals surface area contributed by atoms with Gasteiger partial charge in [-0.05, 0) is 89.9 Å². The van der Waals surface area contributed by atoms with Gasteiger partial charge < -0.3 is 36.9 Å². The highest BCUT2D eigenvalue weighted by atomic mass is 28.5. The second kappa shape index (κ2) is 29.2. The van der Waals surface area contributed by atoms with Crippen molar-refractivity contribution >= 4 is 66.1 Å². The molecule has 0 aliphatic rings. The number of nitrogens with zero attached hydrogens (tertiary/aromatic N) is 1. The average Bonchev–Trinajstić information content (AvgIpc) is 3.06. The maximum atomic E-state index is 13.2. The minimum Gasteiger partial charge on any atom is -0.481 e. The molecule has 3 unspecified atom stereocenters. The first-order valence-corrected chi connectivity index (χ1v) is 37.2. The number of carboxylic acid groups (broad SMARTS) is 2. The predicted octanol–water partition coefficient (Wildman–Crippen LogP) is 10.9. The van der Waals surface area contributed by atoms with Gasteiger partial charge in [0, 0.05) is 32.5 Å². The summed E-state index contributed by atoms with van der Waals surface area (Å²) in [4.78, 5) is 49.2. The second-order valence-electron chi connectivity index (χ2n) is 19.1. The number of hydrogen-bond donors (Lipinski definition) is 3. The second-order valence-corrected chi connectivity index (χ2v) is 39.4. The van der Waals surface area contributed by atoms with Gasteiger partial charge in [0.2, 0.25) is 11.8 Å². The van der Waals surface area contributed by atoms with Gasteiger partial charge in [-0.3, -0.25) is 19.2 Å². The summed E-state index contributed by atoms with van der Waals surface area (Å²) in [6.07, 6.45) is 19.3. The number of carbonyl (C=O) groups is 4. The molecule has 0 aromatic heterocycles. The molecule has 0 aliphatic carbocycles. The van der Waals surface area contributed by atoms with Crippen LogP contribution in [0.5, 0.6) is 0 Å². The first kappa shape index (κ1) is 56.8. The molecule has 17 heteroatoms. The fourth-order valence-corrected chi connectivity index (χ4v) is 31.5. The Hall–Kier alpha value is -1.20. The van der Waals surface area contributed by atoms with Crippen LogP contribution in [0.4, 0.5) is 0 Å². The van der Waals surface area contributed by atoms with Gasteiger partial charge in [-0.15, -0.1) is 0 Å². The number of nitrogens with one attached hydrogen (secondary N) is 1. The van der Waals surface area contributed by atoms with E-state index in [4.69, 9.17) is 21.6 Å². The monoisotopic (exact) mass is 909 g/mol. The third kappa shape index (κ3) is 30.8. The van der Waals surface area contributed by atoms with Gasteiger partial charge in [0.05, 0.1) is 12.8 Å². The van der Waals surface area contributed by atoms with E-state index in [9.17, 15) is 24.3 Å². The first-order chi connectivity index (χ1) is 26.8. The van der Waals surface area contributed by atoms with Gasteiger partial charge in [-0.1, -0.05) is 104 Å². The summed E-state index contributed by atoms with van der Waals surface area (Å²) in [5, 5.41) is 20.9. The molecule has 0 rings (SSSR count). The van der Waals surface area contributed by atoms with Crippen molar-refractivity contribution in [2.45, 2.75) is 219 Å². The molecule has 3 atom stereocenters. The minimum atomic E-state index is -3.02. The highest BCUT2D eigenvalue weighted by Crippen LogP contribution is 2.37. The topological polar surface area (TPSA) is 161 Å². The van der Waals surface area contributed by atoms with Crippen molar-refractivity contribution in [3.8, 4) is 0 Å². The van der Waals surface area contributed by atoms with E-state index in [0.717, 1.165) is 12.8 Å². The van der Waals surface area contributed by atoms with Crippen LogP contribution in [-0.4, -0.2) is 101 Å². The fraction of sp³-hybridized carbons (Fsp3) is 0.902. The lowest BCUT2D eigenvalue weighted by Crippen LogP contribution is -2.61. The molecular weight excluding hydrogens is 821 g/mol. The van der Waals surface area contributed by atoms with Crippen LogP contribution >= 0.6 is 0 Å². The van der Waals surface area contributed by atoms with Crippen LogP contribution in [0.2, 0.25) is 77.1 Å². The first-order valence-electron chi connectivity index (χ1n) is 22.6. The molecule has 2 amide bonds. The average molecular weight is 910 g/mol. The molecule has 0 saturated heterocycles. The summed E-state index contributed by atoms with van der Waals surface area (Å²) in [5.41, 5.74) is 0.244. The Balaban J connectivity index is 5.81. The molecule has 58 heavy (non-hydrogen) atoms. The largest absolute Gasteiger partial charge is 0.481 e. The Kier molecular flexibility index (Phi) is 28.6. The minimum absolute atomic E-state index is 0.134. The molecule has 342 valence electrons. The van der Waals surface area contributed by atoms with Gasteiger partial charge in [0.25, 0.3) is 0 Å². The van der Waals surface area contributed by atoms with Crippen LogP contribution in [0.25, 0.3) is 0 Å². The smallest absolute Gasteiger partial charge is 0.318 e. The molecule has 0 aliphatic heterocycles. The summed E-state index contributed by atoms with van der Waals surface area (Å²) in [7, 11) is -12.5. The predicted molar refractivity (Wildman–Crippen MR) is 249 cm³/mol. The summed E-state index contributed by atoms with van der Waals surface area (Å²) < 4.78 is 28.3. The Morgan fingerprint density at radius 2 is 1.03 bits per heavy atom. The molecule has 0 fully saturated rings. The van der Waals surface area contributed by atoms with Gasteiger partial charge in [-0.2, -0.15) is 0 Å². The summed E-state index contributed by atoms with van der Waals surface area (Å²) in [6.45, 7) is 26.9. The highest BCUT2D eigenvalue weighted by Gasteiger charge is 2.51. The molecule has 12 nitrogen and oxygen atoms in total. The van der Waals surface area contributed by atoms with Crippen molar-refractivity contribution in [2.24, 2.45) is 0 Å². The summed E-state index contributed by atoms with van der Waals surface area (Å²) >= 11 is 0. The van der Waals surface area contributed by atoms with Crippen molar-refractivity contribution in [3.05, 3.63) is 0 Å². The van der Waals surface area contributed by atoms with E-state index >= 15 is 0 Å². The van der Waals surface area contributed by atoms with E-state index in [2.05, 4.69) is 84.6 Å². The number of unbranched alkanes of at least 4 members (excludes halogenated alkanes) is 13. The lowest BCUT2D eigenvalue weighted by Gasteiger charge is -2.46. The van der Waals surface area contributed by atoms with Crippen molar-refractivity contribution in [1.29, 1.82) is 0 Å². The molecule has 0 radical (unpaired) electrons. The number of carboxylic acids is 2. The molecule has 3 N–H and O–H groups in total. The standard InChI is InChI=1S/C41H88N2O10Si5/c1-13-14-15-16-17-18-19-20-21-22-23-24-25-26-28-37(2)58(12,51-55(6,7)8)53-57(11,52-56(9,10)50-54(3,4)5)36-27-34-43(39(45)30-32-41(48)49)35-33-42-38(44)29-31-40(46)47/h37H,13-36H2,1-12H3,(H,42,44)(H,46,47)(H,48,49). The Morgan fingerprint density at radius 1 is 0.569 bits per heavy atom. The van der Waals surface area contributed by atoms with Gasteiger partial charge in [0.15, 0.2) is 16.6 Å². The van der Waals surface area contributed by atoms with Crippen molar-refractivity contribution in [1.82, 2.24) is 10.2 Å². The zero-order valence-corrected chi connectivity index (χ0v) is 44.2. The van der Waals surface area contributed by atoms with Crippen LogP contribution in [0.1, 0.15) is 142 Å². The number of aliphatic carboxylic acids is 2. The van der Waals surface area contributed by atoms with Crippen LogP contribution < -0.4 is 5.32 Å². The quantitative estimate of drug-likeness (QED) is 0.0404. The summed E-state index contributed by atoms with van der Waals surface area (Å²) in [6, 6.07) is 0.579. The number of hydrogen-bond acceptors (Lipinski definition) is 8. The van der Waals surface area contributed by atoms with Crippen LogP contribution in [-0.2, 0) is 35.6 Å². The van der Waals surface area contributed by atoms with E-state index in [1.54, 1.807) is 4.90 Å². The zero-order valence-electron chi connectivity index (χ0n) is 39.2. The lowest BCUT2D eigenvalue weighted by molar-refractivity contribution is -0.141. The van der Waals surface area contributed by atoms with E-state index in [-0.39, 0.29) is 50.2 Å². The number of rotatable bonds is 37. The van der Waals surface area contributed by atoms with Crippen LogP contribution in [0, 0.1) is 0 Å². The lowest BCUT2D eigenvalue weighted by atomic mass is 10.0. The highest BCUT2D eigenvalue weighted by molar-refractivity contribution is 6.91. The normalized spacial score (nSPS) is 15.0. The Morgan fingerprint density at radius 3 is 1.50 bits per heavy atom. The number of carbonyl (C=O) groups excluding carboxylic acids is 2. The van der Waals surface area contributed by atoms with Crippen molar-refractivity contribution < 1.29 is 45.9 Å². The molecular formula is C41H88N2O10Si5. The van der Waals surface area contributed by atoms with E-state index < -0.39 is 60.2 Å². The summed E-state index contributed by atoms with van der Waals surface area (Å²) in [5.74, 6) is -2.84. The Bertz CT molecular complexity index is 1190. The zero-order chi connectivity index (χ0) is 44.5. The Labute approximate surface area is 359 Å². The maximum absolute atomic E-state index is 13.2. The third-order valence-electron chi connectivity index (χ3n) is 10.1. The molecule has 0 saturated carbocycles. The van der Waals surface area contributed by atoms with Gasteiger partial charge >= 0.3 is 37.6 Å². The van der Waals surface area contributed by atoms with Crippen LogP contribution in [0.3, 0.4) is 0 Å². The van der Waals surface area contributed by atoms with Crippen molar-refractivity contribution in [3.63, 3.8) is 0 Å². The van der Waals surface area contributed by atoms with Gasteiger partial charge in [0.1, 0.15) is 0 Å². The third-order valence-corrected chi connectivity index (χ3v) is 28.9. The van der Waals surface area contributed by atoms with Crippen molar-refractivity contribution in [2.75, 3.05) is 19.6 Å². The van der Waals surface area contributed by atoms with Crippen LogP contribution in [0.15, 0.2) is 0 Å². The molecule has 0 aromatic carbocycles.